The summed E-state index contributed by atoms with van der Waals surface area (Å²) in [6.45, 7) is 1.60. The first-order valence-corrected chi connectivity index (χ1v) is 8.79. The molecular formula is C20H15ClN2O6. The second kappa shape index (κ2) is 8.57. The van der Waals surface area contributed by atoms with Gasteiger partial charge in [0.1, 0.15) is 11.3 Å². The van der Waals surface area contributed by atoms with Crippen molar-refractivity contribution >= 4 is 34.9 Å². The fraction of sp³-hybridized carbons (Fsp3) is 0.100. The maximum atomic E-state index is 12.9. The molecule has 0 spiro atoms. The topological polar surface area (TPSA) is 112 Å². The van der Waals surface area contributed by atoms with E-state index in [4.69, 9.17) is 20.8 Å². The van der Waals surface area contributed by atoms with Crippen LogP contribution in [0.2, 0.25) is 5.02 Å². The SMILES string of the molecule is Cc1occc1C(=O)O[C@@H](C(=O)Nc1ccc([N+](=O)[O-])cc1Cl)c1ccccc1. The van der Waals surface area contributed by atoms with E-state index in [1.54, 1.807) is 37.3 Å². The summed E-state index contributed by atoms with van der Waals surface area (Å²) in [6.07, 6.45) is 0.0736. The fourth-order valence-electron chi connectivity index (χ4n) is 2.59. The second-order valence-electron chi connectivity index (χ2n) is 6.00. The van der Waals surface area contributed by atoms with Gasteiger partial charge in [-0.2, -0.15) is 0 Å². The number of carbonyl (C=O) groups excluding carboxylic acids is 2. The number of nitrogens with one attached hydrogen (secondary N) is 1. The average molecular weight is 415 g/mol. The molecule has 9 heteroatoms. The number of halogens is 1. The minimum absolute atomic E-state index is 0.0173. The predicted molar refractivity (Wildman–Crippen MR) is 105 cm³/mol. The van der Waals surface area contributed by atoms with Crippen molar-refractivity contribution in [3.05, 3.63) is 92.9 Å². The van der Waals surface area contributed by atoms with Crippen molar-refractivity contribution in [1.29, 1.82) is 0 Å². The molecule has 148 valence electrons. The summed E-state index contributed by atoms with van der Waals surface area (Å²) in [5, 5.41) is 13.4. The summed E-state index contributed by atoms with van der Waals surface area (Å²) in [5.41, 5.74) is 0.581. The van der Waals surface area contributed by atoms with Gasteiger partial charge >= 0.3 is 5.97 Å². The molecule has 0 unspecified atom stereocenters. The first-order valence-electron chi connectivity index (χ1n) is 8.41. The number of nitro groups is 1. The molecule has 1 amide bonds. The summed E-state index contributed by atoms with van der Waals surface area (Å²) in [6, 6.07) is 13.5. The highest BCUT2D eigenvalue weighted by Crippen LogP contribution is 2.29. The molecule has 8 nitrogen and oxygen atoms in total. The predicted octanol–water partition coefficient (Wildman–Crippen LogP) is 4.69. The number of nitro benzene ring substituents is 1. The normalized spacial score (nSPS) is 11.5. The molecule has 1 N–H and O–H groups in total. The van der Waals surface area contributed by atoms with E-state index in [2.05, 4.69) is 5.32 Å². The van der Waals surface area contributed by atoms with Crippen molar-refractivity contribution in [3.8, 4) is 0 Å². The van der Waals surface area contributed by atoms with Crippen LogP contribution in [0.15, 0.2) is 65.3 Å². The van der Waals surface area contributed by atoms with Crippen molar-refractivity contribution in [2.45, 2.75) is 13.0 Å². The van der Waals surface area contributed by atoms with Crippen LogP contribution in [0.1, 0.15) is 27.8 Å². The Morgan fingerprint density at radius 3 is 2.48 bits per heavy atom. The molecule has 0 aliphatic rings. The number of carbonyl (C=O) groups is 2. The smallest absolute Gasteiger partial charge is 0.342 e. The number of esters is 1. The van der Waals surface area contributed by atoms with Crippen LogP contribution < -0.4 is 5.32 Å². The molecule has 0 aliphatic heterocycles. The molecule has 0 bridgehead atoms. The van der Waals surface area contributed by atoms with E-state index >= 15 is 0 Å². The van der Waals surface area contributed by atoms with Crippen LogP contribution in [0.3, 0.4) is 0 Å². The van der Waals surface area contributed by atoms with E-state index in [9.17, 15) is 19.7 Å². The first-order chi connectivity index (χ1) is 13.9. The highest BCUT2D eigenvalue weighted by molar-refractivity contribution is 6.34. The van der Waals surface area contributed by atoms with Gasteiger partial charge in [0.2, 0.25) is 6.10 Å². The lowest BCUT2D eigenvalue weighted by molar-refractivity contribution is -0.384. The van der Waals surface area contributed by atoms with Gasteiger partial charge in [-0.15, -0.1) is 0 Å². The lowest BCUT2D eigenvalue weighted by Gasteiger charge is -2.18. The van der Waals surface area contributed by atoms with Gasteiger partial charge in [-0.25, -0.2) is 4.79 Å². The number of nitrogens with zero attached hydrogens (tertiary/aromatic N) is 1. The lowest BCUT2D eigenvalue weighted by atomic mass is 10.1. The fourth-order valence-corrected chi connectivity index (χ4v) is 2.81. The van der Waals surface area contributed by atoms with E-state index in [0.717, 1.165) is 6.07 Å². The second-order valence-corrected chi connectivity index (χ2v) is 6.40. The molecule has 0 fully saturated rings. The molecule has 0 saturated carbocycles. The number of benzene rings is 2. The highest BCUT2D eigenvalue weighted by atomic mass is 35.5. The summed E-state index contributed by atoms with van der Waals surface area (Å²) in [4.78, 5) is 35.6. The van der Waals surface area contributed by atoms with Crippen LogP contribution in [0.25, 0.3) is 0 Å². The van der Waals surface area contributed by atoms with Crippen LogP contribution in [-0.4, -0.2) is 16.8 Å². The summed E-state index contributed by atoms with van der Waals surface area (Å²) < 4.78 is 10.5. The molecular weight excluding hydrogens is 400 g/mol. The van der Waals surface area contributed by atoms with Crippen LogP contribution in [-0.2, 0) is 9.53 Å². The van der Waals surface area contributed by atoms with Gasteiger partial charge in [0.15, 0.2) is 0 Å². The molecule has 2 aromatic carbocycles. The molecule has 29 heavy (non-hydrogen) atoms. The third-order valence-corrected chi connectivity index (χ3v) is 4.38. The number of furan rings is 1. The van der Waals surface area contributed by atoms with Crippen molar-refractivity contribution in [2.24, 2.45) is 0 Å². The van der Waals surface area contributed by atoms with E-state index in [1.165, 1.54) is 24.5 Å². The van der Waals surface area contributed by atoms with E-state index in [0.29, 0.717) is 11.3 Å². The van der Waals surface area contributed by atoms with Gasteiger partial charge in [0.05, 0.1) is 21.9 Å². The molecule has 0 saturated heterocycles. The minimum atomic E-state index is -1.27. The Morgan fingerprint density at radius 2 is 1.90 bits per heavy atom. The molecule has 1 atom stereocenters. The van der Waals surface area contributed by atoms with Gasteiger partial charge in [0, 0.05) is 17.7 Å². The van der Waals surface area contributed by atoms with Crippen LogP contribution in [0, 0.1) is 17.0 Å². The van der Waals surface area contributed by atoms with E-state index in [1.807, 2.05) is 0 Å². The minimum Gasteiger partial charge on any atom is -0.469 e. The van der Waals surface area contributed by atoms with Crippen LogP contribution in [0.4, 0.5) is 11.4 Å². The lowest BCUT2D eigenvalue weighted by Crippen LogP contribution is -2.26. The number of aryl methyl sites for hydroxylation is 1. The quantitative estimate of drug-likeness (QED) is 0.356. The zero-order valence-electron chi connectivity index (χ0n) is 15.1. The zero-order chi connectivity index (χ0) is 21.0. The van der Waals surface area contributed by atoms with Gasteiger partial charge < -0.3 is 14.5 Å². The Labute approximate surface area is 170 Å². The Bertz CT molecular complexity index is 1060. The third-order valence-electron chi connectivity index (χ3n) is 4.07. The Balaban J connectivity index is 1.86. The molecule has 1 aromatic heterocycles. The maximum Gasteiger partial charge on any atom is 0.342 e. The molecule has 1 heterocycles. The Morgan fingerprint density at radius 1 is 1.17 bits per heavy atom. The van der Waals surface area contributed by atoms with E-state index in [-0.39, 0.29) is 22.0 Å². The average Bonchev–Trinajstić information content (AvgIpc) is 3.14. The summed E-state index contributed by atoms with van der Waals surface area (Å²) >= 11 is 6.04. The Hall–Kier alpha value is -3.65. The number of anilines is 1. The first kappa shape index (κ1) is 20.1. The number of non-ortho nitro benzene ring substituents is 1. The number of rotatable bonds is 6. The standard InChI is InChI=1S/C20H15ClN2O6/c1-12-15(9-10-28-12)20(25)29-18(13-5-3-2-4-6-13)19(24)22-17-8-7-14(23(26)27)11-16(17)21/h2-11,18H,1H3,(H,22,24)/t18-/m1/s1. The largest absolute Gasteiger partial charge is 0.469 e. The molecule has 3 aromatic rings. The zero-order valence-corrected chi connectivity index (χ0v) is 15.9. The van der Waals surface area contributed by atoms with Crippen molar-refractivity contribution < 1.29 is 23.7 Å². The van der Waals surface area contributed by atoms with Gasteiger partial charge in [0.25, 0.3) is 11.6 Å². The van der Waals surface area contributed by atoms with Gasteiger partial charge in [-0.3, -0.25) is 14.9 Å². The molecule has 3 rings (SSSR count). The van der Waals surface area contributed by atoms with Crippen LogP contribution in [0.5, 0.6) is 0 Å². The van der Waals surface area contributed by atoms with Crippen LogP contribution >= 0.6 is 11.6 Å². The molecule has 0 radical (unpaired) electrons. The monoisotopic (exact) mass is 414 g/mol. The highest BCUT2D eigenvalue weighted by Gasteiger charge is 2.27. The summed E-state index contributed by atoms with van der Waals surface area (Å²) in [5.74, 6) is -1.03. The number of hydrogen-bond acceptors (Lipinski definition) is 6. The van der Waals surface area contributed by atoms with Crippen molar-refractivity contribution in [2.75, 3.05) is 5.32 Å². The third kappa shape index (κ3) is 4.61. The number of amides is 1. The van der Waals surface area contributed by atoms with Gasteiger partial charge in [-0.05, 0) is 19.1 Å². The summed E-state index contributed by atoms with van der Waals surface area (Å²) in [7, 11) is 0. The van der Waals surface area contributed by atoms with Gasteiger partial charge in [-0.1, -0.05) is 41.9 Å². The van der Waals surface area contributed by atoms with Crippen molar-refractivity contribution in [1.82, 2.24) is 0 Å². The maximum absolute atomic E-state index is 12.9. The molecule has 0 aliphatic carbocycles. The van der Waals surface area contributed by atoms with Crippen molar-refractivity contribution in [3.63, 3.8) is 0 Å². The number of ether oxygens (including phenoxy) is 1. The van der Waals surface area contributed by atoms with E-state index < -0.39 is 22.9 Å². The Kier molecular flexibility index (Phi) is 5.94. The number of hydrogen-bond donors (Lipinski definition) is 1.